The van der Waals surface area contributed by atoms with E-state index in [2.05, 4.69) is 20.6 Å². The molecule has 2 saturated carbocycles. The predicted molar refractivity (Wildman–Crippen MR) is 402 cm³/mol. The Morgan fingerprint density at radius 2 is 0.551 bits per heavy atom. The lowest BCUT2D eigenvalue weighted by molar-refractivity contribution is -0.306. The Kier molecular flexibility index (Phi) is 50.9. The fraction of sp³-hybridized carbons (Fsp3) is 0.925. The van der Waals surface area contributed by atoms with Crippen molar-refractivity contribution in [2.45, 2.75) is 278 Å². The van der Waals surface area contributed by atoms with Gasteiger partial charge in [0.05, 0.1) is 60.9 Å². The normalized spacial score (nSPS) is 43.6. The van der Waals surface area contributed by atoms with E-state index in [-0.39, 0.29) is 201 Å². The van der Waals surface area contributed by atoms with Gasteiger partial charge in [-0.3, -0.25) is 0 Å². The minimum Gasteiger partial charge on any atom is -0.389 e. The average molecular weight is 1810 g/mol. The summed E-state index contributed by atoms with van der Waals surface area (Å²) < 4.78 is 76.4. The zero-order chi connectivity index (χ0) is 68.8. The molecule has 42 nitrogen and oxygen atoms in total. The van der Waals surface area contributed by atoms with Crippen LogP contribution in [-0.4, -0.2) is 350 Å². The Labute approximate surface area is 689 Å². The van der Waals surface area contributed by atoms with Crippen LogP contribution in [-0.2, 0) is 82.8 Å². The second-order valence-corrected chi connectivity index (χ2v) is 25.8. The van der Waals surface area contributed by atoms with E-state index in [1.807, 2.05) is 0 Å². The summed E-state index contributed by atoms with van der Waals surface area (Å²) in [6.07, 6.45) is -38.3. The Balaban J connectivity index is -0.00000901. The highest BCUT2D eigenvalue weighted by Crippen LogP contribution is 2.38. The van der Waals surface area contributed by atoms with Gasteiger partial charge in [0, 0.05) is 62.7 Å². The summed E-state index contributed by atoms with van der Waals surface area (Å²) in [4.78, 5) is 0. The van der Waals surface area contributed by atoms with Gasteiger partial charge in [-0.05, 0) is 32.1 Å². The van der Waals surface area contributed by atoms with Crippen molar-refractivity contribution in [3.8, 4) is 0 Å². The molecule has 38 atom stereocenters. The van der Waals surface area contributed by atoms with E-state index in [0.29, 0.717) is 30.7 Å². The number of aliphatic hydroxyl groups excluding tert-OH is 12. The van der Waals surface area contributed by atoms with Crippen molar-refractivity contribution >= 4 is 149 Å². The molecule has 36 N–H and O–H groups in total. The molecule has 640 valence electrons. The highest BCUT2D eigenvalue weighted by atomic mass is 35.5. The molecule has 107 heavy (non-hydrogen) atoms. The molecular formula is C53H110Cl12N18O24. The minimum atomic E-state index is -1.72. The molecule has 8 heterocycles. The molecule has 2 aromatic heterocycles. The lowest BCUT2D eigenvalue weighted by Gasteiger charge is -2.47. The summed E-state index contributed by atoms with van der Waals surface area (Å²) >= 11 is 0. The summed E-state index contributed by atoms with van der Waals surface area (Å²) in [6, 6.07) is -9.20. The number of ether oxygens (including phenoxy) is 12. The van der Waals surface area contributed by atoms with Crippen LogP contribution < -0.4 is 68.8 Å². The number of nitrogens with zero attached hydrogens (tertiary/aromatic N) is 6. The van der Waals surface area contributed by atoms with Crippen LogP contribution in [0, 0.1) is 0 Å². The van der Waals surface area contributed by atoms with Crippen molar-refractivity contribution in [2.75, 3.05) is 26.2 Å². The first-order valence-electron chi connectivity index (χ1n) is 31.8. The molecule has 8 aliphatic rings. The van der Waals surface area contributed by atoms with Crippen LogP contribution in [0.25, 0.3) is 0 Å². The lowest BCUT2D eigenvalue weighted by atomic mass is 9.84. The van der Waals surface area contributed by atoms with Crippen LogP contribution in [0.5, 0.6) is 0 Å². The van der Waals surface area contributed by atoms with Crippen LogP contribution >= 0.6 is 149 Å². The van der Waals surface area contributed by atoms with Crippen LogP contribution in [0.3, 0.4) is 0 Å². The van der Waals surface area contributed by atoms with E-state index < -0.39 is 233 Å². The molecular weight excluding hydrogens is 1700 g/mol. The molecule has 0 radical (unpaired) electrons. The van der Waals surface area contributed by atoms with Crippen LogP contribution in [0.4, 0.5) is 0 Å². The Morgan fingerprint density at radius 3 is 0.813 bits per heavy atom. The molecule has 6 aliphatic heterocycles. The standard InChI is InChI=1S/C53H98N18O24.12ClH/c54-6-20-32(74)36(78)26(62)48(84-20)90-42-18(60)4-16(58)30(72)46(42)94-52-40(82)44(92-50-28(64)38(80)34(76)22(8-56)86-50)24(88-52)12-70-10-14(66-68-70)2-1-3-15-11-71(69-67-15)13-25-45(93-51-29(65)39(81)35(77)23(9-57)87-51)41(83)53(89-25)95-47-31(73)17(59)5-19(61)43(47)91-49-27(63)37(79)33(75)21(7-55)85-49;;;;;;;;;;;;/h10-11,16-53,72-83H,1-9,12-13,54-65H2;12*1H/t16-,17+,18+,19-,20-,21-,22-,23+,24-,25-,26-,27-,28+,29+,30+,31-,32-,33-,34+,35+,36-,37-,38+,39+,40-,41-,42-,43+,44-,45-,46-,47+,48-,49-,50+,51+,52+,53+;;;;;;;;;;;;/m1............/s1. The Hall–Kier alpha value is 0.320. The third kappa shape index (κ3) is 24.7. The summed E-state index contributed by atoms with van der Waals surface area (Å²) in [5, 5.41) is 150. The van der Waals surface area contributed by atoms with Crippen molar-refractivity contribution in [3.63, 3.8) is 0 Å². The van der Waals surface area contributed by atoms with Crippen molar-refractivity contribution in [2.24, 2.45) is 68.8 Å². The molecule has 10 rings (SSSR count). The Bertz CT molecular complexity index is 2590. The number of halogens is 12. The topological polar surface area (TPSA) is 727 Å². The third-order valence-corrected chi connectivity index (χ3v) is 19.2. The summed E-state index contributed by atoms with van der Waals surface area (Å²) in [7, 11) is 0. The van der Waals surface area contributed by atoms with Gasteiger partial charge in [-0.25, -0.2) is 9.36 Å². The van der Waals surface area contributed by atoms with Gasteiger partial charge >= 0.3 is 0 Å². The van der Waals surface area contributed by atoms with Crippen molar-refractivity contribution in [1.29, 1.82) is 0 Å². The van der Waals surface area contributed by atoms with Crippen LogP contribution in [0.15, 0.2) is 12.4 Å². The first-order valence-corrected chi connectivity index (χ1v) is 31.8. The molecule has 0 aromatic carbocycles. The van der Waals surface area contributed by atoms with Crippen LogP contribution in [0.2, 0.25) is 0 Å². The molecule has 2 aliphatic carbocycles. The molecule has 2 aromatic rings. The van der Waals surface area contributed by atoms with Gasteiger partial charge in [0.15, 0.2) is 37.7 Å². The predicted octanol–water partition coefficient (Wildman–Crippen LogP) is -11.6. The molecule has 54 heteroatoms. The fourth-order valence-electron chi connectivity index (χ4n) is 13.4. The van der Waals surface area contributed by atoms with Gasteiger partial charge in [-0.1, -0.05) is 10.4 Å². The summed E-state index contributed by atoms with van der Waals surface area (Å²) in [5.74, 6) is 0. The summed E-state index contributed by atoms with van der Waals surface area (Å²) in [5.41, 5.74) is 75.1. The monoisotopic (exact) mass is 1800 g/mol. The number of aromatic nitrogens is 6. The number of rotatable bonds is 24. The highest BCUT2D eigenvalue weighted by Gasteiger charge is 2.58. The molecule has 0 spiro atoms. The van der Waals surface area contributed by atoms with E-state index in [4.69, 9.17) is 126 Å². The van der Waals surface area contributed by atoms with Crippen molar-refractivity contribution < 1.29 is 118 Å². The Morgan fingerprint density at radius 1 is 0.308 bits per heavy atom. The van der Waals surface area contributed by atoms with Crippen molar-refractivity contribution in [3.05, 3.63) is 23.8 Å². The zero-order valence-corrected chi connectivity index (χ0v) is 66.4. The first-order chi connectivity index (χ1) is 45.2. The maximum atomic E-state index is 12.0. The van der Waals surface area contributed by atoms with Crippen LogP contribution in [0.1, 0.15) is 30.7 Å². The number of aryl methyl sites for hydroxylation is 2. The number of aliphatic hydroxyl groups is 12. The molecule has 0 unspecified atom stereocenters. The van der Waals surface area contributed by atoms with Gasteiger partial charge in [0.2, 0.25) is 0 Å². The zero-order valence-electron chi connectivity index (χ0n) is 56.6. The number of hydrogen-bond acceptors (Lipinski definition) is 40. The first kappa shape index (κ1) is 111. The average Bonchev–Trinajstić information content (AvgIpc) is 1.71. The van der Waals surface area contributed by atoms with Gasteiger partial charge in [-0.15, -0.1) is 159 Å². The van der Waals surface area contributed by atoms with E-state index in [9.17, 15) is 61.3 Å². The number of nitrogens with two attached hydrogens (primary N) is 12. The molecule has 6 saturated heterocycles. The fourth-order valence-corrected chi connectivity index (χ4v) is 13.4. The summed E-state index contributed by atoms with van der Waals surface area (Å²) in [6.45, 7) is -1.28. The maximum Gasteiger partial charge on any atom is 0.187 e. The van der Waals surface area contributed by atoms with E-state index in [0.717, 1.165) is 0 Å². The maximum absolute atomic E-state index is 12.0. The van der Waals surface area contributed by atoms with E-state index >= 15 is 0 Å². The molecule has 0 amide bonds. The second kappa shape index (κ2) is 48.9. The third-order valence-electron chi connectivity index (χ3n) is 19.2. The molecule has 0 bridgehead atoms. The van der Waals surface area contributed by atoms with Gasteiger partial charge in [0.25, 0.3) is 0 Å². The van der Waals surface area contributed by atoms with Gasteiger partial charge in [0.1, 0.15) is 134 Å². The van der Waals surface area contributed by atoms with Gasteiger partial charge < -0.3 is 187 Å². The van der Waals surface area contributed by atoms with Crippen molar-refractivity contribution in [1.82, 2.24) is 30.0 Å². The molecule has 8 fully saturated rings. The van der Waals surface area contributed by atoms with Gasteiger partial charge in [-0.2, -0.15) is 0 Å². The quantitative estimate of drug-likeness (QED) is 0.0464. The smallest absolute Gasteiger partial charge is 0.187 e. The second-order valence-electron chi connectivity index (χ2n) is 25.8. The lowest BCUT2D eigenvalue weighted by Crippen LogP contribution is -2.68. The SMILES string of the molecule is Cl.Cl.Cl.Cl.Cl.Cl.Cl.Cl.Cl.Cl.Cl.Cl.NC[C@@H]1O[C@@H](O[C@H]2[C@@H](O)[C@H](O[C@H]3[C@H](O)[C@@H](N)C[C@@H](N)[C@@H]3O[C@H]3O[C@H](CN)[C@@H](O)[C@H](O)[C@H]3N)O[C@@H]2Cn2cc(CCCc3cn(C[C@H]4O[C@@H](O[C@@H]5[C@@H](O)[C@H](N)C[C@H](N)[C@H]5O[C@H]5O[C@H](CN)[C@@H](O)[C@H](O)[C@H]5N)[C@H](O)[C@@H]4O[C@@H]4O[C@H](CN)[C@H](O)[C@@H](O)[C@@H]4N)nn3)nn2)[C@@H](N)[C@H](O)[C@H]1O. The minimum absolute atomic E-state index is 0. The highest BCUT2D eigenvalue weighted by molar-refractivity contribution is 5.87. The largest absolute Gasteiger partial charge is 0.389 e. The number of hydrogen-bond donors (Lipinski definition) is 24. The van der Waals surface area contributed by atoms with E-state index in [1.165, 1.54) is 9.36 Å². The van der Waals surface area contributed by atoms with E-state index in [1.54, 1.807) is 12.4 Å².